The van der Waals surface area contributed by atoms with Crippen molar-refractivity contribution in [1.29, 1.82) is 0 Å². The number of carbonyl (C=O) groups excluding carboxylic acids is 1. The standard InChI is InChI=1S/C16H24N4O/c1-18-7-9-19(10-8-18)15-4-6-20(13-15)16(21)11-14-3-2-5-17-12-14/h2-3,5,12,15H,4,6-11,13H2,1H3. The van der Waals surface area contributed by atoms with Crippen molar-refractivity contribution in [3.05, 3.63) is 30.1 Å². The van der Waals surface area contributed by atoms with Gasteiger partial charge >= 0.3 is 0 Å². The van der Waals surface area contributed by atoms with Crippen LogP contribution < -0.4 is 0 Å². The van der Waals surface area contributed by atoms with E-state index in [1.165, 1.54) is 0 Å². The van der Waals surface area contributed by atoms with Gasteiger partial charge in [-0.3, -0.25) is 14.7 Å². The van der Waals surface area contributed by atoms with E-state index in [-0.39, 0.29) is 5.91 Å². The molecule has 0 N–H and O–H groups in total. The Labute approximate surface area is 126 Å². The zero-order valence-corrected chi connectivity index (χ0v) is 12.7. The third-order valence-electron chi connectivity index (χ3n) is 4.65. The minimum atomic E-state index is 0.236. The molecular formula is C16H24N4O. The lowest BCUT2D eigenvalue weighted by molar-refractivity contribution is -0.129. The summed E-state index contributed by atoms with van der Waals surface area (Å²) >= 11 is 0. The molecule has 2 aliphatic heterocycles. The second-order valence-corrected chi connectivity index (χ2v) is 6.16. The Morgan fingerprint density at radius 1 is 1.29 bits per heavy atom. The second-order valence-electron chi connectivity index (χ2n) is 6.16. The summed E-state index contributed by atoms with van der Waals surface area (Å²) in [5.41, 5.74) is 1.01. The molecule has 0 radical (unpaired) electrons. The van der Waals surface area contributed by atoms with Gasteiger partial charge in [-0.1, -0.05) is 6.07 Å². The molecule has 1 aromatic heterocycles. The fourth-order valence-electron chi connectivity index (χ4n) is 3.24. The van der Waals surface area contributed by atoms with Crippen LogP contribution in [0.2, 0.25) is 0 Å². The third-order valence-corrected chi connectivity index (χ3v) is 4.65. The molecule has 1 amide bonds. The van der Waals surface area contributed by atoms with Gasteiger partial charge in [-0.05, 0) is 25.1 Å². The van der Waals surface area contributed by atoms with Crippen LogP contribution in [0.1, 0.15) is 12.0 Å². The highest BCUT2D eigenvalue weighted by Crippen LogP contribution is 2.18. The molecule has 2 saturated heterocycles. The van der Waals surface area contributed by atoms with E-state index in [4.69, 9.17) is 0 Å². The van der Waals surface area contributed by atoms with Crippen LogP contribution in [0, 0.1) is 0 Å². The molecule has 0 aromatic carbocycles. The number of amides is 1. The smallest absolute Gasteiger partial charge is 0.227 e. The quantitative estimate of drug-likeness (QED) is 0.811. The molecule has 114 valence electrons. The largest absolute Gasteiger partial charge is 0.341 e. The number of hydrogen-bond acceptors (Lipinski definition) is 4. The minimum Gasteiger partial charge on any atom is -0.341 e. The Morgan fingerprint density at radius 3 is 2.81 bits per heavy atom. The molecular weight excluding hydrogens is 264 g/mol. The predicted octanol–water partition coefficient (Wildman–Crippen LogP) is 0.472. The van der Waals surface area contributed by atoms with E-state index in [1.54, 1.807) is 12.4 Å². The van der Waals surface area contributed by atoms with E-state index in [1.807, 2.05) is 17.0 Å². The number of pyridine rings is 1. The van der Waals surface area contributed by atoms with E-state index in [0.29, 0.717) is 12.5 Å². The number of aromatic nitrogens is 1. The summed E-state index contributed by atoms with van der Waals surface area (Å²) in [4.78, 5) is 23.4. The molecule has 1 unspecified atom stereocenters. The average molecular weight is 288 g/mol. The first-order valence-corrected chi connectivity index (χ1v) is 7.81. The van der Waals surface area contributed by atoms with Gasteiger partial charge in [0.05, 0.1) is 6.42 Å². The Morgan fingerprint density at radius 2 is 2.10 bits per heavy atom. The summed E-state index contributed by atoms with van der Waals surface area (Å²) in [6.07, 6.45) is 5.12. The highest BCUT2D eigenvalue weighted by molar-refractivity contribution is 5.79. The lowest BCUT2D eigenvalue weighted by Gasteiger charge is -2.36. The van der Waals surface area contributed by atoms with Gasteiger partial charge < -0.3 is 9.80 Å². The van der Waals surface area contributed by atoms with Gasteiger partial charge in [0.1, 0.15) is 0 Å². The van der Waals surface area contributed by atoms with E-state index < -0.39 is 0 Å². The summed E-state index contributed by atoms with van der Waals surface area (Å²) in [7, 11) is 2.18. The van der Waals surface area contributed by atoms with E-state index in [0.717, 1.165) is 51.3 Å². The molecule has 0 saturated carbocycles. The Bertz CT molecular complexity index is 470. The molecule has 2 fully saturated rings. The van der Waals surface area contributed by atoms with Crippen molar-refractivity contribution in [3.8, 4) is 0 Å². The van der Waals surface area contributed by atoms with Crippen LogP contribution in [0.4, 0.5) is 0 Å². The van der Waals surface area contributed by atoms with Crippen molar-refractivity contribution in [1.82, 2.24) is 19.7 Å². The number of nitrogens with zero attached hydrogens (tertiary/aromatic N) is 4. The second kappa shape index (κ2) is 6.54. The fraction of sp³-hybridized carbons (Fsp3) is 0.625. The maximum atomic E-state index is 12.4. The van der Waals surface area contributed by atoms with Gasteiger partial charge in [0.15, 0.2) is 0 Å². The molecule has 1 atom stereocenters. The van der Waals surface area contributed by atoms with E-state index in [2.05, 4.69) is 21.8 Å². The Balaban J connectivity index is 1.51. The maximum absolute atomic E-state index is 12.4. The molecule has 21 heavy (non-hydrogen) atoms. The van der Waals surface area contributed by atoms with Crippen LogP contribution in [0.5, 0.6) is 0 Å². The van der Waals surface area contributed by atoms with Gasteiger partial charge in [-0.25, -0.2) is 0 Å². The van der Waals surface area contributed by atoms with Crippen molar-refractivity contribution in [3.63, 3.8) is 0 Å². The molecule has 3 heterocycles. The van der Waals surface area contributed by atoms with Gasteiger partial charge in [-0.2, -0.15) is 0 Å². The summed E-state index contributed by atoms with van der Waals surface area (Å²) in [6.45, 7) is 6.33. The average Bonchev–Trinajstić information content (AvgIpc) is 2.99. The molecule has 0 spiro atoms. The number of hydrogen-bond donors (Lipinski definition) is 0. The molecule has 0 bridgehead atoms. The molecule has 0 aliphatic carbocycles. The number of likely N-dealkylation sites (tertiary alicyclic amines) is 1. The highest BCUT2D eigenvalue weighted by atomic mass is 16.2. The van der Waals surface area contributed by atoms with Crippen LogP contribution >= 0.6 is 0 Å². The SMILES string of the molecule is CN1CCN(C2CCN(C(=O)Cc3cccnc3)C2)CC1. The first-order valence-electron chi connectivity index (χ1n) is 7.81. The Hall–Kier alpha value is -1.46. The summed E-state index contributed by atoms with van der Waals surface area (Å²) < 4.78 is 0. The van der Waals surface area contributed by atoms with Crippen LogP contribution in [0.15, 0.2) is 24.5 Å². The molecule has 3 rings (SSSR count). The summed E-state index contributed by atoms with van der Waals surface area (Å²) in [6, 6.07) is 4.41. The summed E-state index contributed by atoms with van der Waals surface area (Å²) in [5, 5.41) is 0. The monoisotopic (exact) mass is 288 g/mol. The van der Waals surface area contributed by atoms with Crippen LogP contribution in [-0.4, -0.2) is 77.9 Å². The van der Waals surface area contributed by atoms with Crippen molar-refractivity contribution in [2.45, 2.75) is 18.9 Å². The van der Waals surface area contributed by atoms with Gasteiger partial charge in [-0.15, -0.1) is 0 Å². The first kappa shape index (κ1) is 14.5. The van der Waals surface area contributed by atoms with Crippen LogP contribution in [0.25, 0.3) is 0 Å². The van der Waals surface area contributed by atoms with Crippen LogP contribution in [0.3, 0.4) is 0 Å². The number of carbonyl (C=O) groups is 1. The minimum absolute atomic E-state index is 0.236. The fourth-order valence-corrected chi connectivity index (χ4v) is 3.24. The third kappa shape index (κ3) is 3.60. The molecule has 2 aliphatic rings. The van der Waals surface area contributed by atoms with Crippen molar-refractivity contribution in [2.75, 3.05) is 46.3 Å². The number of likely N-dealkylation sites (N-methyl/N-ethyl adjacent to an activating group) is 1. The normalized spacial score (nSPS) is 24.4. The van der Waals surface area contributed by atoms with Crippen LogP contribution in [-0.2, 0) is 11.2 Å². The van der Waals surface area contributed by atoms with Crippen molar-refractivity contribution >= 4 is 5.91 Å². The Kier molecular flexibility index (Phi) is 4.51. The zero-order chi connectivity index (χ0) is 14.7. The van der Waals surface area contributed by atoms with Gasteiger partial charge in [0.25, 0.3) is 0 Å². The topological polar surface area (TPSA) is 39.7 Å². The predicted molar refractivity (Wildman–Crippen MR) is 82.0 cm³/mol. The number of rotatable bonds is 3. The highest BCUT2D eigenvalue weighted by Gasteiger charge is 2.31. The lowest BCUT2D eigenvalue weighted by Crippen LogP contribution is -2.50. The lowest BCUT2D eigenvalue weighted by atomic mass is 10.2. The van der Waals surface area contributed by atoms with Gasteiger partial charge in [0.2, 0.25) is 5.91 Å². The van der Waals surface area contributed by atoms with Gasteiger partial charge in [0, 0.05) is 57.7 Å². The summed E-state index contributed by atoms with van der Waals surface area (Å²) in [5.74, 6) is 0.236. The maximum Gasteiger partial charge on any atom is 0.227 e. The van der Waals surface area contributed by atoms with E-state index >= 15 is 0 Å². The van der Waals surface area contributed by atoms with Crippen molar-refractivity contribution < 1.29 is 4.79 Å². The molecule has 5 nitrogen and oxygen atoms in total. The molecule has 5 heteroatoms. The van der Waals surface area contributed by atoms with E-state index in [9.17, 15) is 4.79 Å². The number of piperazine rings is 1. The zero-order valence-electron chi connectivity index (χ0n) is 12.7. The van der Waals surface area contributed by atoms with Crippen molar-refractivity contribution in [2.24, 2.45) is 0 Å². The first-order chi connectivity index (χ1) is 10.2. The molecule has 1 aromatic rings.